The van der Waals surface area contributed by atoms with Gasteiger partial charge in [0.1, 0.15) is 5.82 Å². The molecule has 3 rings (SSSR count). The topological polar surface area (TPSA) is 64.4 Å². The van der Waals surface area contributed by atoms with E-state index >= 15 is 0 Å². The van der Waals surface area contributed by atoms with Gasteiger partial charge in [0.2, 0.25) is 0 Å². The summed E-state index contributed by atoms with van der Waals surface area (Å²) >= 11 is 0. The zero-order chi connectivity index (χ0) is 20.1. The Hall–Kier alpha value is -3.48. The first-order valence-corrected chi connectivity index (χ1v) is 8.70. The molecule has 0 spiro atoms. The zero-order valence-electron chi connectivity index (χ0n) is 15.6. The number of halogens is 1. The lowest BCUT2D eigenvalue weighted by atomic mass is 10.1. The maximum Gasteiger partial charge on any atom is 0.338 e. The predicted molar refractivity (Wildman–Crippen MR) is 101 cm³/mol. The molecule has 0 saturated carbocycles. The van der Waals surface area contributed by atoms with Gasteiger partial charge in [-0.1, -0.05) is 24.3 Å². The molecule has 0 N–H and O–H groups in total. The monoisotopic (exact) mass is 381 g/mol. The number of amides is 1. The van der Waals surface area contributed by atoms with Gasteiger partial charge >= 0.3 is 5.97 Å². The molecular formula is C21H20FN3O3. The number of carbonyl (C=O) groups is 2. The Labute approximate surface area is 162 Å². The molecule has 2 aromatic carbocycles. The molecule has 0 unspecified atom stereocenters. The molecule has 0 aliphatic heterocycles. The zero-order valence-corrected chi connectivity index (χ0v) is 15.6. The predicted octanol–water partition coefficient (Wildman–Crippen LogP) is 3.14. The van der Waals surface area contributed by atoms with Gasteiger partial charge in [0.05, 0.1) is 17.4 Å². The summed E-state index contributed by atoms with van der Waals surface area (Å²) in [5.74, 6) is -1.60. The highest BCUT2D eigenvalue weighted by atomic mass is 19.1. The molecule has 3 aromatic rings. The standard InChI is InChI=1S/C21H20FN3O3/c1-15-8-9-17(10-19(15)22)21(27)28-14-20(26)24(2)12-16-11-23-25(13-16)18-6-4-3-5-7-18/h3-11,13H,12,14H2,1-2H3. The van der Waals surface area contributed by atoms with Gasteiger partial charge in [0.25, 0.3) is 5.91 Å². The summed E-state index contributed by atoms with van der Waals surface area (Å²) in [6, 6.07) is 13.7. The van der Waals surface area contributed by atoms with Gasteiger partial charge in [0, 0.05) is 25.4 Å². The fourth-order valence-electron chi connectivity index (χ4n) is 2.57. The third kappa shape index (κ3) is 4.62. The number of nitrogens with zero attached hydrogens (tertiary/aromatic N) is 3. The number of benzene rings is 2. The number of esters is 1. The summed E-state index contributed by atoms with van der Waals surface area (Å²) in [6.07, 6.45) is 3.51. The number of hydrogen-bond donors (Lipinski definition) is 0. The highest BCUT2D eigenvalue weighted by Crippen LogP contribution is 2.11. The molecule has 0 atom stereocenters. The third-order valence-electron chi connectivity index (χ3n) is 4.24. The number of aryl methyl sites for hydroxylation is 1. The van der Waals surface area contributed by atoms with Gasteiger partial charge in [-0.25, -0.2) is 13.9 Å². The van der Waals surface area contributed by atoms with E-state index in [-0.39, 0.29) is 11.5 Å². The molecule has 0 aliphatic carbocycles. The first-order chi connectivity index (χ1) is 13.4. The summed E-state index contributed by atoms with van der Waals surface area (Å²) < 4.78 is 20.3. The first-order valence-electron chi connectivity index (χ1n) is 8.70. The van der Waals surface area contributed by atoms with Crippen LogP contribution in [-0.4, -0.2) is 40.2 Å². The smallest absolute Gasteiger partial charge is 0.338 e. The van der Waals surface area contributed by atoms with Gasteiger partial charge in [-0.05, 0) is 36.8 Å². The molecule has 0 radical (unpaired) electrons. The number of hydrogen-bond acceptors (Lipinski definition) is 4. The van der Waals surface area contributed by atoms with E-state index < -0.39 is 18.4 Å². The molecule has 6 nitrogen and oxygen atoms in total. The highest BCUT2D eigenvalue weighted by molar-refractivity contribution is 5.91. The molecule has 1 heterocycles. The van der Waals surface area contributed by atoms with Crippen LogP contribution in [0, 0.1) is 12.7 Å². The van der Waals surface area contributed by atoms with Gasteiger partial charge in [-0.2, -0.15) is 5.10 Å². The number of likely N-dealkylation sites (N-methyl/N-ethyl adjacent to an activating group) is 1. The Morgan fingerprint density at radius 1 is 1.18 bits per heavy atom. The summed E-state index contributed by atoms with van der Waals surface area (Å²) in [7, 11) is 1.61. The van der Waals surface area contributed by atoms with Gasteiger partial charge in [-0.15, -0.1) is 0 Å². The van der Waals surface area contributed by atoms with E-state index in [1.54, 1.807) is 24.9 Å². The van der Waals surface area contributed by atoms with Crippen molar-refractivity contribution in [3.63, 3.8) is 0 Å². The van der Waals surface area contributed by atoms with Crippen LogP contribution in [0.25, 0.3) is 5.69 Å². The van der Waals surface area contributed by atoms with E-state index in [0.717, 1.165) is 17.3 Å². The summed E-state index contributed by atoms with van der Waals surface area (Å²) in [5.41, 5.74) is 2.26. The van der Waals surface area contributed by atoms with Crippen molar-refractivity contribution in [1.82, 2.24) is 14.7 Å². The Morgan fingerprint density at radius 3 is 2.64 bits per heavy atom. The lowest BCUT2D eigenvalue weighted by Crippen LogP contribution is -2.30. The Morgan fingerprint density at radius 2 is 1.93 bits per heavy atom. The van der Waals surface area contributed by atoms with Gasteiger partial charge in [0.15, 0.2) is 6.61 Å². The fourth-order valence-corrected chi connectivity index (χ4v) is 2.57. The van der Waals surface area contributed by atoms with Gasteiger partial charge in [-0.3, -0.25) is 4.79 Å². The minimum Gasteiger partial charge on any atom is -0.452 e. The van der Waals surface area contributed by atoms with Crippen LogP contribution < -0.4 is 0 Å². The normalized spacial score (nSPS) is 10.5. The molecule has 1 amide bonds. The van der Waals surface area contributed by atoms with Crippen LogP contribution in [0.5, 0.6) is 0 Å². The van der Waals surface area contributed by atoms with E-state index in [1.807, 2.05) is 36.5 Å². The van der Waals surface area contributed by atoms with Crippen LogP contribution in [0.2, 0.25) is 0 Å². The van der Waals surface area contributed by atoms with Crippen LogP contribution in [0.15, 0.2) is 60.9 Å². The second kappa shape index (κ2) is 8.47. The molecule has 0 bridgehead atoms. The Balaban J connectivity index is 1.54. The van der Waals surface area contributed by atoms with E-state index in [1.165, 1.54) is 17.0 Å². The molecule has 7 heteroatoms. The van der Waals surface area contributed by atoms with Crippen LogP contribution in [0.3, 0.4) is 0 Å². The van der Waals surface area contributed by atoms with Crippen molar-refractivity contribution in [2.75, 3.05) is 13.7 Å². The van der Waals surface area contributed by atoms with E-state index in [0.29, 0.717) is 12.1 Å². The SMILES string of the molecule is Cc1ccc(C(=O)OCC(=O)N(C)Cc2cnn(-c3ccccc3)c2)cc1F. The average molecular weight is 381 g/mol. The second-order valence-electron chi connectivity index (χ2n) is 6.42. The summed E-state index contributed by atoms with van der Waals surface area (Å²) in [5, 5.41) is 4.29. The average Bonchev–Trinajstić information content (AvgIpc) is 3.17. The molecule has 0 aliphatic rings. The van der Waals surface area contributed by atoms with Crippen molar-refractivity contribution >= 4 is 11.9 Å². The minimum atomic E-state index is -0.738. The van der Waals surface area contributed by atoms with Crippen molar-refractivity contribution in [3.8, 4) is 5.69 Å². The molecule has 28 heavy (non-hydrogen) atoms. The van der Waals surface area contributed by atoms with E-state index in [2.05, 4.69) is 5.10 Å². The minimum absolute atomic E-state index is 0.0719. The van der Waals surface area contributed by atoms with Crippen molar-refractivity contribution in [1.29, 1.82) is 0 Å². The maximum absolute atomic E-state index is 13.5. The van der Waals surface area contributed by atoms with E-state index in [9.17, 15) is 14.0 Å². The quantitative estimate of drug-likeness (QED) is 0.616. The molecule has 144 valence electrons. The van der Waals surface area contributed by atoms with Crippen molar-refractivity contribution in [2.24, 2.45) is 0 Å². The Kier molecular flexibility index (Phi) is 5.84. The number of ether oxygens (including phenoxy) is 1. The maximum atomic E-state index is 13.5. The van der Waals surface area contributed by atoms with Crippen LogP contribution >= 0.6 is 0 Å². The number of carbonyl (C=O) groups excluding carboxylic acids is 2. The molecular weight excluding hydrogens is 361 g/mol. The number of aromatic nitrogens is 2. The van der Waals surface area contributed by atoms with Crippen LogP contribution in [-0.2, 0) is 16.1 Å². The molecule has 1 aromatic heterocycles. The first kappa shape index (κ1) is 19.3. The lowest BCUT2D eigenvalue weighted by molar-refractivity contribution is -0.133. The van der Waals surface area contributed by atoms with Crippen LogP contribution in [0.4, 0.5) is 4.39 Å². The van der Waals surface area contributed by atoms with E-state index in [4.69, 9.17) is 4.74 Å². The lowest BCUT2D eigenvalue weighted by Gasteiger charge is -2.16. The highest BCUT2D eigenvalue weighted by Gasteiger charge is 2.15. The van der Waals surface area contributed by atoms with Crippen molar-refractivity contribution in [2.45, 2.75) is 13.5 Å². The fraction of sp³-hybridized carbons (Fsp3) is 0.190. The molecule has 0 saturated heterocycles. The number of rotatable bonds is 6. The molecule has 0 fully saturated rings. The number of para-hydroxylation sites is 1. The van der Waals surface area contributed by atoms with Gasteiger partial charge < -0.3 is 9.64 Å². The second-order valence-corrected chi connectivity index (χ2v) is 6.42. The largest absolute Gasteiger partial charge is 0.452 e. The van der Waals surface area contributed by atoms with Crippen molar-refractivity contribution < 1.29 is 18.7 Å². The third-order valence-corrected chi connectivity index (χ3v) is 4.24. The Bertz CT molecular complexity index is 986. The van der Waals surface area contributed by atoms with Crippen molar-refractivity contribution in [3.05, 3.63) is 83.4 Å². The summed E-state index contributed by atoms with van der Waals surface area (Å²) in [4.78, 5) is 25.6. The summed E-state index contributed by atoms with van der Waals surface area (Å²) in [6.45, 7) is 1.50. The van der Waals surface area contributed by atoms with Crippen LogP contribution in [0.1, 0.15) is 21.5 Å².